The number of H-pyrrole nitrogens is 1. The van der Waals surface area contributed by atoms with Crippen molar-refractivity contribution < 1.29 is 0 Å². The lowest BCUT2D eigenvalue weighted by Gasteiger charge is -2.05. The van der Waals surface area contributed by atoms with E-state index >= 15 is 0 Å². The number of nitrogens with zero attached hydrogens (tertiary/aromatic N) is 2. The summed E-state index contributed by atoms with van der Waals surface area (Å²) >= 11 is 1.63. The summed E-state index contributed by atoms with van der Waals surface area (Å²) in [6.45, 7) is 2.07. The van der Waals surface area contributed by atoms with Crippen molar-refractivity contribution in [2.75, 3.05) is 5.43 Å². The summed E-state index contributed by atoms with van der Waals surface area (Å²) < 4.78 is 0. The number of nitrogens with one attached hydrogen (secondary N) is 2. The molecule has 0 saturated carbocycles. The molecule has 2 heterocycles. The number of aromatic nitrogens is 3. The number of thioether (sulfide) groups is 1. The van der Waals surface area contributed by atoms with E-state index in [2.05, 4.69) is 39.4 Å². The first kappa shape index (κ1) is 13.0. The molecular formula is C14H15N5S. The highest BCUT2D eigenvalue weighted by atomic mass is 32.2. The smallest absolute Gasteiger partial charge is 0.166 e. The van der Waals surface area contributed by atoms with Crippen LogP contribution in [-0.2, 0) is 5.75 Å². The van der Waals surface area contributed by atoms with Crippen molar-refractivity contribution in [2.24, 2.45) is 5.84 Å². The van der Waals surface area contributed by atoms with Crippen LogP contribution >= 0.6 is 11.8 Å². The molecule has 102 valence electrons. The summed E-state index contributed by atoms with van der Waals surface area (Å²) in [5.74, 6) is 6.91. The lowest BCUT2D eigenvalue weighted by Crippen LogP contribution is -2.10. The van der Waals surface area contributed by atoms with E-state index in [1.807, 2.05) is 18.2 Å². The molecule has 1 aromatic carbocycles. The molecule has 0 aliphatic rings. The standard InChI is InChI=1S/C14H15N5S/c1-9-4-5-11-12(7-9)18-14(17-11)20-8-10-3-2-6-16-13(10)19-15/h2-7H,8,15H2,1H3,(H,16,19)(H,17,18). The van der Waals surface area contributed by atoms with Crippen molar-refractivity contribution in [3.8, 4) is 0 Å². The first-order valence-corrected chi connectivity index (χ1v) is 7.24. The van der Waals surface area contributed by atoms with Crippen molar-refractivity contribution in [3.63, 3.8) is 0 Å². The molecule has 6 heteroatoms. The number of rotatable bonds is 4. The van der Waals surface area contributed by atoms with Crippen LogP contribution in [0.25, 0.3) is 11.0 Å². The molecule has 0 bridgehead atoms. The molecule has 2 aromatic heterocycles. The zero-order valence-corrected chi connectivity index (χ0v) is 11.9. The Labute approximate surface area is 121 Å². The molecule has 3 rings (SSSR count). The third kappa shape index (κ3) is 2.61. The second-order valence-electron chi connectivity index (χ2n) is 4.51. The number of nitrogen functional groups attached to an aromatic ring is 1. The predicted molar refractivity (Wildman–Crippen MR) is 82.4 cm³/mol. The number of pyridine rings is 1. The van der Waals surface area contributed by atoms with Gasteiger partial charge in [0.05, 0.1) is 11.0 Å². The van der Waals surface area contributed by atoms with Crippen LogP contribution in [0.4, 0.5) is 5.82 Å². The molecule has 0 aliphatic heterocycles. The zero-order chi connectivity index (χ0) is 13.9. The van der Waals surface area contributed by atoms with Gasteiger partial charge in [-0.05, 0) is 30.7 Å². The molecule has 3 aromatic rings. The Kier molecular flexibility index (Phi) is 3.58. The van der Waals surface area contributed by atoms with E-state index in [1.54, 1.807) is 18.0 Å². The van der Waals surface area contributed by atoms with E-state index in [9.17, 15) is 0 Å². The number of aryl methyl sites for hydroxylation is 1. The highest BCUT2D eigenvalue weighted by Gasteiger charge is 2.06. The van der Waals surface area contributed by atoms with Crippen molar-refractivity contribution in [3.05, 3.63) is 47.7 Å². The monoisotopic (exact) mass is 285 g/mol. The van der Waals surface area contributed by atoms with E-state index in [4.69, 9.17) is 5.84 Å². The van der Waals surface area contributed by atoms with E-state index < -0.39 is 0 Å². The molecule has 0 spiro atoms. The van der Waals surface area contributed by atoms with Crippen LogP contribution in [0.5, 0.6) is 0 Å². The number of anilines is 1. The van der Waals surface area contributed by atoms with Gasteiger partial charge in [-0.1, -0.05) is 23.9 Å². The Bertz CT molecular complexity index is 737. The van der Waals surface area contributed by atoms with Gasteiger partial charge in [0.25, 0.3) is 0 Å². The molecule has 5 nitrogen and oxygen atoms in total. The molecule has 0 fully saturated rings. The molecule has 20 heavy (non-hydrogen) atoms. The van der Waals surface area contributed by atoms with Crippen molar-refractivity contribution in [1.82, 2.24) is 15.0 Å². The summed E-state index contributed by atoms with van der Waals surface area (Å²) in [6.07, 6.45) is 1.72. The number of hydrogen-bond acceptors (Lipinski definition) is 5. The normalized spacial score (nSPS) is 10.9. The molecule has 4 N–H and O–H groups in total. The quantitative estimate of drug-likeness (QED) is 0.390. The lowest BCUT2D eigenvalue weighted by atomic mass is 10.2. The largest absolute Gasteiger partial charge is 0.333 e. The summed E-state index contributed by atoms with van der Waals surface area (Å²) in [5, 5.41) is 0.900. The number of aromatic amines is 1. The molecule has 0 unspecified atom stereocenters. The maximum absolute atomic E-state index is 5.45. The fourth-order valence-electron chi connectivity index (χ4n) is 2.00. The van der Waals surface area contributed by atoms with E-state index in [0.717, 1.165) is 27.5 Å². The van der Waals surface area contributed by atoms with Crippen LogP contribution < -0.4 is 11.3 Å². The number of imidazole rings is 1. The van der Waals surface area contributed by atoms with Gasteiger partial charge in [-0.2, -0.15) is 0 Å². The first-order chi connectivity index (χ1) is 9.76. The second-order valence-corrected chi connectivity index (χ2v) is 5.47. The zero-order valence-electron chi connectivity index (χ0n) is 11.1. The van der Waals surface area contributed by atoms with Crippen LogP contribution in [0.1, 0.15) is 11.1 Å². The van der Waals surface area contributed by atoms with E-state index in [0.29, 0.717) is 5.82 Å². The summed E-state index contributed by atoms with van der Waals surface area (Å²) in [7, 11) is 0. The highest BCUT2D eigenvalue weighted by Crippen LogP contribution is 2.25. The van der Waals surface area contributed by atoms with E-state index in [-0.39, 0.29) is 0 Å². The number of nitrogens with two attached hydrogens (primary N) is 1. The van der Waals surface area contributed by atoms with Gasteiger partial charge < -0.3 is 10.4 Å². The van der Waals surface area contributed by atoms with Gasteiger partial charge in [0, 0.05) is 17.5 Å². The van der Waals surface area contributed by atoms with Crippen LogP contribution in [0.15, 0.2) is 41.7 Å². The topological polar surface area (TPSA) is 79.6 Å². The Morgan fingerprint density at radius 2 is 2.25 bits per heavy atom. The second kappa shape index (κ2) is 5.52. The maximum Gasteiger partial charge on any atom is 0.166 e. The molecule has 0 amide bonds. The van der Waals surface area contributed by atoms with Gasteiger partial charge in [0.2, 0.25) is 0 Å². The van der Waals surface area contributed by atoms with Gasteiger partial charge in [0.15, 0.2) is 5.16 Å². The molecule has 0 radical (unpaired) electrons. The molecule has 0 aliphatic carbocycles. The number of fused-ring (bicyclic) bond motifs is 1. The summed E-state index contributed by atoms with van der Waals surface area (Å²) in [6, 6.07) is 10.1. The van der Waals surface area contributed by atoms with Crippen LogP contribution in [0.2, 0.25) is 0 Å². The lowest BCUT2D eigenvalue weighted by molar-refractivity contribution is 1.08. The van der Waals surface area contributed by atoms with Crippen molar-refractivity contribution in [2.45, 2.75) is 17.8 Å². The molecule has 0 atom stereocenters. The Morgan fingerprint density at radius 1 is 1.35 bits per heavy atom. The Morgan fingerprint density at radius 3 is 3.10 bits per heavy atom. The van der Waals surface area contributed by atoms with E-state index in [1.165, 1.54) is 5.56 Å². The average molecular weight is 285 g/mol. The molecule has 0 saturated heterocycles. The average Bonchev–Trinajstić information content (AvgIpc) is 2.87. The number of hydrazine groups is 1. The maximum atomic E-state index is 5.45. The van der Waals surface area contributed by atoms with Gasteiger partial charge in [-0.25, -0.2) is 15.8 Å². The fourth-order valence-corrected chi connectivity index (χ4v) is 2.87. The van der Waals surface area contributed by atoms with Gasteiger partial charge in [-0.15, -0.1) is 0 Å². The van der Waals surface area contributed by atoms with Crippen LogP contribution in [-0.4, -0.2) is 15.0 Å². The van der Waals surface area contributed by atoms with Crippen LogP contribution in [0.3, 0.4) is 0 Å². The molecular weight excluding hydrogens is 270 g/mol. The summed E-state index contributed by atoms with van der Waals surface area (Å²) in [5.41, 5.74) is 6.94. The first-order valence-electron chi connectivity index (χ1n) is 6.26. The minimum absolute atomic E-state index is 0.701. The Hall–Kier alpha value is -2.05. The van der Waals surface area contributed by atoms with Gasteiger partial charge >= 0.3 is 0 Å². The number of benzene rings is 1. The predicted octanol–water partition coefficient (Wildman–Crippen LogP) is 2.84. The SMILES string of the molecule is Cc1ccc2nc(SCc3cccnc3NN)[nH]c2c1. The van der Waals surface area contributed by atoms with Crippen molar-refractivity contribution >= 4 is 28.6 Å². The Balaban J connectivity index is 1.79. The van der Waals surface area contributed by atoms with Gasteiger partial charge in [-0.3, -0.25) is 0 Å². The van der Waals surface area contributed by atoms with Crippen LogP contribution in [0, 0.1) is 6.92 Å². The van der Waals surface area contributed by atoms with Gasteiger partial charge in [0.1, 0.15) is 5.82 Å². The summed E-state index contributed by atoms with van der Waals surface area (Å²) in [4.78, 5) is 12.1. The van der Waals surface area contributed by atoms with Crippen molar-refractivity contribution in [1.29, 1.82) is 0 Å². The third-order valence-electron chi connectivity index (χ3n) is 3.01. The highest BCUT2D eigenvalue weighted by molar-refractivity contribution is 7.98. The number of hydrogen-bond donors (Lipinski definition) is 3. The minimum atomic E-state index is 0.701. The fraction of sp³-hybridized carbons (Fsp3) is 0.143. The minimum Gasteiger partial charge on any atom is -0.333 e. The third-order valence-corrected chi connectivity index (χ3v) is 3.93.